The number of aryl methyl sites for hydroxylation is 1. The first-order chi connectivity index (χ1) is 16.4. The van der Waals surface area contributed by atoms with E-state index in [9.17, 15) is 13.2 Å². The molecule has 186 valence electrons. The van der Waals surface area contributed by atoms with Crippen LogP contribution in [0.4, 0.5) is 5.69 Å². The number of carbonyl (C=O) groups is 1. The molecule has 1 amide bonds. The number of ether oxygens (including phenoxy) is 1. The maximum absolute atomic E-state index is 12.6. The summed E-state index contributed by atoms with van der Waals surface area (Å²) in [6, 6.07) is 11.6. The van der Waals surface area contributed by atoms with Crippen LogP contribution < -0.4 is 14.5 Å². The highest BCUT2D eigenvalue weighted by molar-refractivity contribution is 7.92. The third kappa shape index (κ3) is 6.29. The number of nitrogens with one attached hydrogen (secondary N) is 1. The number of aromatic nitrogens is 1. The molecule has 0 atom stereocenters. The monoisotopic (exact) mass is 556 g/mol. The van der Waals surface area contributed by atoms with Crippen molar-refractivity contribution in [2.75, 3.05) is 24.2 Å². The fourth-order valence-electron chi connectivity index (χ4n) is 3.52. The Morgan fingerprint density at radius 1 is 1.11 bits per heavy atom. The van der Waals surface area contributed by atoms with Crippen LogP contribution in [0.3, 0.4) is 0 Å². The van der Waals surface area contributed by atoms with Crippen molar-refractivity contribution in [1.82, 2.24) is 9.99 Å². The molecule has 1 aromatic heterocycles. The van der Waals surface area contributed by atoms with Gasteiger partial charge in [0.2, 0.25) is 10.0 Å². The average molecular weight is 558 g/mol. The number of halogens is 3. The Morgan fingerprint density at radius 2 is 1.77 bits per heavy atom. The number of hydrogen-bond donors (Lipinski definition) is 1. The van der Waals surface area contributed by atoms with Gasteiger partial charge in [0.25, 0.3) is 5.91 Å². The molecule has 2 aromatic carbocycles. The van der Waals surface area contributed by atoms with Gasteiger partial charge in [-0.15, -0.1) is 0 Å². The van der Waals surface area contributed by atoms with Crippen LogP contribution in [0.1, 0.15) is 17.0 Å². The van der Waals surface area contributed by atoms with Crippen LogP contribution in [0.25, 0.3) is 5.69 Å². The molecule has 0 aliphatic heterocycles. The largest absolute Gasteiger partial charge is 0.495 e. The molecule has 0 saturated heterocycles. The third-order valence-corrected chi connectivity index (χ3v) is 7.03. The summed E-state index contributed by atoms with van der Waals surface area (Å²) in [5.41, 5.74) is 5.67. The normalized spacial score (nSPS) is 11.6. The average Bonchev–Trinajstić information content (AvgIpc) is 3.06. The predicted octanol–water partition coefficient (Wildman–Crippen LogP) is 4.98. The molecule has 8 nitrogen and oxygen atoms in total. The van der Waals surface area contributed by atoms with E-state index < -0.39 is 22.5 Å². The van der Waals surface area contributed by atoms with E-state index in [1.54, 1.807) is 24.3 Å². The van der Waals surface area contributed by atoms with E-state index in [-0.39, 0.29) is 11.4 Å². The number of benzene rings is 2. The first-order valence-electron chi connectivity index (χ1n) is 10.2. The molecule has 35 heavy (non-hydrogen) atoms. The maximum Gasteiger partial charge on any atom is 0.260 e. The van der Waals surface area contributed by atoms with Gasteiger partial charge in [-0.25, -0.2) is 13.8 Å². The minimum Gasteiger partial charge on any atom is -0.495 e. The van der Waals surface area contributed by atoms with E-state index in [0.29, 0.717) is 15.1 Å². The number of nitrogens with zero attached hydrogens (tertiary/aromatic N) is 3. The zero-order valence-electron chi connectivity index (χ0n) is 19.3. The summed E-state index contributed by atoms with van der Waals surface area (Å²) in [5, 5.41) is 5.38. The second-order valence-electron chi connectivity index (χ2n) is 7.64. The van der Waals surface area contributed by atoms with Crippen molar-refractivity contribution >= 4 is 62.6 Å². The number of rotatable bonds is 8. The van der Waals surface area contributed by atoms with Gasteiger partial charge in [-0.3, -0.25) is 9.10 Å². The van der Waals surface area contributed by atoms with Crippen molar-refractivity contribution in [2.45, 2.75) is 13.8 Å². The predicted molar refractivity (Wildman–Crippen MR) is 141 cm³/mol. The topological polar surface area (TPSA) is 93.0 Å². The quantitative estimate of drug-likeness (QED) is 0.312. The summed E-state index contributed by atoms with van der Waals surface area (Å²) < 4.78 is 32.9. The standard InChI is InChI=1S/C23H23Cl3N4O4S/c1-14-9-16(15(2)30(14)20-10-17(24)5-7-19(20)26)12-27-28-23(31)13-29(35(4,32)33)21-11-18(25)6-8-22(21)34-3/h5-12H,13H2,1-4H3,(H,28,31)/b27-12-. The fourth-order valence-corrected chi connectivity index (χ4v) is 4.91. The Hall–Kier alpha value is -2.72. The smallest absolute Gasteiger partial charge is 0.260 e. The molecule has 0 radical (unpaired) electrons. The lowest BCUT2D eigenvalue weighted by Crippen LogP contribution is -2.39. The first-order valence-corrected chi connectivity index (χ1v) is 13.2. The molecule has 3 rings (SSSR count). The summed E-state index contributed by atoms with van der Waals surface area (Å²) in [6.45, 7) is 3.26. The summed E-state index contributed by atoms with van der Waals surface area (Å²) >= 11 is 18.5. The van der Waals surface area contributed by atoms with E-state index in [2.05, 4.69) is 10.5 Å². The number of hydrogen-bond acceptors (Lipinski definition) is 5. The van der Waals surface area contributed by atoms with Crippen LogP contribution in [0, 0.1) is 13.8 Å². The molecular formula is C23H23Cl3N4O4S. The molecule has 0 unspecified atom stereocenters. The Morgan fingerprint density at radius 3 is 2.43 bits per heavy atom. The summed E-state index contributed by atoms with van der Waals surface area (Å²) in [4.78, 5) is 12.6. The van der Waals surface area contributed by atoms with Gasteiger partial charge in [-0.05, 0) is 56.3 Å². The molecule has 0 saturated carbocycles. The van der Waals surface area contributed by atoms with Crippen LogP contribution in [0.5, 0.6) is 5.75 Å². The number of methoxy groups -OCH3 is 1. The molecule has 1 heterocycles. The lowest BCUT2D eigenvalue weighted by molar-refractivity contribution is -0.119. The van der Waals surface area contributed by atoms with E-state index in [1.807, 2.05) is 24.5 Å². The molecule has 0 bridgehead atoms. The number of anilines is 1. The van der Waals surface area contributed by atoms with Crippen molar-refractivity contribution < 1.29 is 17.9 Å². The summed E-state index contributed by atoms with van der Waals surface area (Å²) in [5.74, 6) is -0.399. The molecular weight excluding hydrogens is 535 g/mol. The van der Waals surface area contributed by atoms with Crippen LogP contribution in [0.15, 0.2) is 47.6 Å². The second kappa shape index (κ2) is 10.9. The van der Waals surface area contributed by atoms with Crippen molar-refractivity contribution in [3.63, 3.8) is 0 Å². The van der Waals surface area contributed by atoms with E-state index in [4.69, 9.17) is 39.5 Å². The molecule has 1 N–H and O–H groups in total. The second-order valence-corrected chi connectivity index (χ2v) is 10.8. The molecule has 0 fully saturated rings. The van der Waals surface area contributed by atoms with E-state index >= 15 is 0 Å². The number of hydrazone groups is 1. The highest BCUT2D eigenvalue weighted by atomic mass is 35.5. The third-order valence-electron chi connectivity index (χ3n) is 5.11. The Balaban J connectivity index is 1.81. The van der Waals surface area contributed by atoms with E-state index in [1.165, 1.54) is 25.5 Å². The van der Waals surface area contributed by atoms with Gasteiger partial charge in [0.1, 0.15) is 12.3 Å². The van der Waals surface area contributed by atoms with Gasteiger partial charge >= 0.3 is 0 Å². The zero-order chi connectivity index (χ0) is 25.9. The number of carbonyl (C=O) groups excluding carboxylic acids is 1. The van der Waals surface area contributed by atoms with Gasteiger partial charge in [0, 0.05) is 27.0 Å². The molecule has 3 aromatic rings. The molecule has 12 heteroatoms. The van der Waals surface area contributed by atoms with Gasteiger partial charge < -0.3 is 9.30 Å². The lowest BCUT2D eigenvalue weighted by atomic mass is 10.2. The Labute approximate surface area is 219 Å². The van der Waals surface area contributed by atoms with Crippen molar-refractivity contribution in [3.8, 4) is 11.4 Å². The molecule has 0 spiro atoms. The maximum atomic E-state index is 12.6. The minimum absolute atomic E-state index is 0.142. The van der Waals surface area contributed by atoms with Gasteiger partial charge in [0.05, 0.1) is 36.0 Å². The molecule has 0 aliphatic rings. The summed E-state index contributed by atoms with van der Waals surface area (Å²) in [7, 11) is -2.44. The summed E-state index contributed by atoms with van der Waals surface area (Å²) in [6.07, 6.45) is 2.46. The van der Waals surface area contributed by atoms with Gasteiger partial charge in [-0.1, -0.05) is 34.8 Å². The lowest BCUT2D eigenvalue weighted by Gasteiger charge is -2.23. The Kier molecular flexibility index (Phi) is 8.38. The first kappa shape index (κ1) is 26.9. The van der Waals surface area contributed by atoms with Crippen LogP contribution in [-0.4, -0.2) is 45.0 Å². The van der Waals surface area contributed by atoms with Crippen LogP contribution >= 0.6 is 34.8 Å². The number of amides is 1. The van der Waals surface area contributed by atoms with Crippen LogP contribution in [0.2, 0.25) is 15.1 Å². The minimum atomic E-state index is -3.83. The van der Waals surface area contributed by atoms with Crippen molar-refractivity contribution in [1.29, 1.82) is 0 Å². The Bertz CT molecular complexity index is 1400. The van der Waals surface area contributed by atoms with Crippen molar-refractivity contribution in [3.05, 3.63) is 74.5 Å². The zero-order valence-corrected chi connectivity index (χ0v) is 22.4. The van der Waals surface area contributed by atoms with Crippen molar-refractivity contribution in [2.24, 2.45) is 5.10 Å². The highest BCUT2D eigenvalue weighted by Gasteiger charge is 2.24. The number of sulfonamides is 1. The molecule has 0 aliphatic carbocycles. The highest BCUT2D eigenvalue weighted by Crippen LogP contribution is 2.32. The fraction of sp³-hybridized carbons (Fsp3) is 0.217. The van der Waals surface area contributed by atoms with Gasteiger partial charge in [0.15, 0.2) is 0 Å². The van der Waals surface area contributed by atoms with Crippen LogP contribution in [-0.2, 0) is 14.8 Å². The SMILES string of the molecule is COc1ccc(Cl)cc1N(CC(=O)N/N=C\c1cc(C)n(-c2cc(Cl)ccc2Cl)c1C)S(C)(=O)=O. The van der Waals surface area contributed by atoms with E-state index in [0.717, 1.165) is 33.2 Å². The van der Waals surface area contributed by atoms with Gasteiger partial charge in [-0.2, -0.15) is 5.10 Å².